The molecule has 3 aromatic rings. The van der Waals surface area contributed by atoms with Crippen LogP contribution in [0.15, 0.2) is 52.4 Å². The molecule has 4 nitrogen and oxygen atoms in total. The topological polar surface area (TPSA) is 55.1 Å². The number of rotatable bonds is 4. The van der Waals surface area contributed by atoms with E-state index < -0.39 is 0 Å². The van der Waals surface area contributed by atoms with Crippen molar-refractivity contribution < 1.29 is 9.32 Å². The van der Waals surface area contributed by atoms with Gasteiger partial charge in [0.1, 0.15) is 0 Å². The Morgan fingerprint density at radius 3 is 2.81 bits per heavy atom. The highest BCUT2D eigenvalue weighted by Crippen LogP contribution is 2.25. The third-order valence-corrected chi connectivity index (χ3v) is 3.88. The Kier molecular flexibility index (Phi) is 3.83. The van der Waals surface area contributed by atoms with Gasteiger partial charge in [-0.15, -0.1) is 11.3 Å². The molecule has 1 aromatic carbocycles. The van der Waals surface area contributed by atoms with E-state index in [0.717, 1.165) is 16.1 Å². The Balaban J connectivity index is 1.64. The fourth-order valence-corrected chi connectivity index (χ4v) is 2.61. The van der Waals surface area contributed by atoms with E-state index in [1.807, 2.05) is 48.7 Å². The van der Waals surface area contributed by atoms with E-state index in [9.17, 15) is 4.79 Å². The first kappa shape index (κ1) is 13.6. The summed E-state index contributed by atoms with van der Waals surface area (Å²) in [5.41, 5.74) is 2.57. The summed E-state index contributed by atoms with van der Waals surface area (Å²) >= 11 is 1.58. The number of hydrogen-bond acceptors (Lipinski definition) is 4. The molecule has 1 amide bonds. The maximum atomic E-state index is 12.0. The molecule has 0 saturated heterocycles. The van der Waals surface area contributed by atoms with Crippen molar-refractivity contribution in [1.82, 2.24) is 5.16 Å². The van der Waals surface area contributed by atoms with E-state index >= 15 is 0 Å². The van der Waals surface area contributed by atoms with Crippen LogP contribution in [0.2, 0.25) is 0 Å². The van der Waals surface area contributed by atoms with Crippen LogP contribution in [0.3, 0.4) is 0 Å². The number of hydrogen-bond donors (Lipinski definition) is 1. The molecule has 0 aliphatic carbocycles. The van der Waals surface area contributed by atoms with Crippen molar-refractivity contribution in [2.24, 2.45) is 0 Å². The highest BCUT2D eigenvalue weighted by atomic mass is 32.1. The van der Waals surface area contributed by atoms with Gasteiger partial charge in [0.15, 0.2) is 5.76 Å². The molecule has 0 bridgehead atoms. The van der Waals surface area contributed by atoms with E-state index in [1.54, 1.807) is 17.4 Å². The molecule has 3 rings (SSSR count). The minimum atomic E-state index is -0.107. The Morgan fingerprint density at radius 1 is 1.29 bits per heavy atom. The number of amides is 1. The van der Waals surface area contributed by atoms with Crippen LogP contribution < -0.4 is 5.32 Å². The van der Waals surface area contributed by atoms with Crippen molar-refractivity contribution in [2.75, 3.05) is 5.32 Å². The van der Waals surface area contributed by atoms with E-state index in [-0.39, 0.29) is 12.3 Å². The normalized spacial score (nSPS) is 10.5. The van der Waals surface area contributed by atoms with Crippen molar-refractivity contribution in [1.29, 1.82) is 0 Å². The highest BCUT2D eigenvalue weighted by molar-refractivity contribution is 7.13. The number of aryl methyl sites for hydroxylation is 1. The van der Waals surface area contributed by atoms with E-state index in [1.165, 1.54) is 0 Å². The predicted octanol–water partition coefficient (Wildman–Crippen LogP) is 3.89. The first-order chi connectivity index (χ1) is 10.2. The largest absolute Gasteiger partial charge is 0.355 e. The Labute approximate surface area is 126 Å². The van der Waals surface area contributed by atoms with Crippen LogP contribution in [0.1, 0.15) is 11.3 Å². The third kappa shape index (κ3) is 3.38. The summed E-state index contributed by atoms with van der Waals surface area (Å²) in [6.07, 6.45) is 0.197. The molecule has 0 aliphatic rings. The van der Waals surface area contributed by atoms with Crippen molar-refractivity contribution >= 4 is 22.9 Å². The molecule has 0 saturated carbocycles. The van der Waals surface area contributed by atoms with Crippen LogP contribution >= 0.6 is 11.3 Å². The number of aromatic nitrogens is 1. The zero-order valence-electron chi connectivity index (χ0n) is 11.5. The SMILES string of the molecule is Cc1ccc(NC(=O)Cc2cc(-c3cccs3)on2)cc1. The quantitative estimate of drug-likeness (QED) is 0.795. The second-order valence-electron chi connectivity index (χ2n) is 4.75. The monoisotopic (exact) mass is 298 g/mol. The van der Waals surface area contributed by atoms with Crippen LogP contribution in [-0.2, 0) is 11.2 Å². The van der Waals surface area contributed by atoms with Crippen molar-refractivity contribution in [3.63, 3.8) is 0 Å². The van der Waals surface area contributed by atoms with Crippen LogP contribution in [-0.4, -0.2) is 11.1 Å². The van der Waals surface area contributed by atoms with Gasteiger partial charge >= 0.3 is 0 Å². The zero-order valence-corrected chi connectivity index (χ0v) is 12.3. The number of thiophene rings is 1. The molecule has 106 valence electrons. The van der Waals surface area contributed by atoms with E-state index in [4.69, 9.17) is 4.52 Å². The molecule has 0 unspecified atom stereocenters. The van der Waals surface area contributed by atoms with Gasteiger partial charge in [0.25, 0.3) is 0 Å². The highest BCUT2D eigenvalue weighted by Gasteiger charge is 2.11. The predicted molar refractivity (Wildman–Crippen MR) is 83.3 cm³/mol. The number of anilines is 1. The lowest BCUT2D eigenvalue weighted by molar-refractivity contribution is -0.115. The van der Waals surface area contributed by atoms with E-state index in [2.05, 4.69) is 10.5 Å². The molecule has 2 heterocycles. The van der Waals surface area contributed by atoms with Crippen LogP contribution in [0.25, 0.3) is 10.6 Å². The average Bonchev–Trinajstić information content (AvgIpc) is 3.12. The van der Waals surface area contributed by atoms with Crippen molar-refractivity contribution in [3.8, 4) is 10.6 Å². The molecule has 0 spiro atoms. The second-order valence-corrected chi connectivity index (χ2v) is 5.70. The fraction of sp³-hybridized carbons (Fsp3) is 0.125. The zero-order chi connectivity index (χ0) is 14.7. The molecule has 0 aliphatic heterocycles. The first-order valence-electron chi connectivity index (χ1n) is 6.57. The number of benzene rings is 1. The van der Waals surface area contributed by atoms with Gasteiger partial charge in [0, 0.05) is 11.8 Å². The number of carbonyl (C=O) groups is 1. The van der Waals surface area contributed by atoms with Crippen LogP contribution in [0, 0.1) is 6.92 Å². The van der Waals surface area contributed by atoms with Gasteiger partial charge < -0.3 is 9.84 Å². The number of carbonyl (C=O) groups excluding carboxylic acids is 1. The molecule has 0 fully saturated rings. The summed E-state index contributed by atoms with van der Waals surface area (Å²) in [7, 11) is 0. The molecule has 1 N–H and O–H groups in total. The van der Waals surface area contributed by atoms with Gasteiger partial charge in [0.05, 0.1) is 17.0 Å². The fourth-order valence-electron chi connectivity index (χ4n) is 1.94. The molecular weight excluding hydrogens is 284 g/mol. The third-order valence-electron chi connectivity index (χ3n) is 3.00. The standard InChI is InChI=1S/C16H14N2O2S/c1-11-4-6-12(7-5-11)17-16(19)10-13-9-14(20-18-13)15-3-2-8-21-15/h2-9H,10H2,1H3,(H,17,19). The van der Waals surface area contributed by atoms with E-state index in [0.29, 0.717) is 11.5 Å². The Hall–Kier alpha value is -2.40. The summed E-state index contributed by atoms with van der Waals surface area (Å²) in [6.45, 7) is 2.01. The lowest BCUT2D eigenvalue weighted by atomic mass is 10.2. The van der Waals surface area contributed by atoms with Gasteiger partial charge in [0.2, 0.25) is 5.91 Å². The Bertz CT molecular complexity index is 730. The molecule has 0 radical (unpaired) electrons. The van der Waals surface area contributed by atoms with Crippen LogP contribution in [0.5, 0.6) is 0 Å². The number of nitrogens with one attached hydrogen (secondary N) is 1. The minimum absolute atomic E-state index is 0.107. The summed E-state index contributed by atoms with van der Waals surface area (Å²) < 4.78 is 5.26. The van der Waals surface area contributed by atoms with Gasteiger partial charge in [-0.2, -0.15) is 0 Å². The summed E-state index contributed by atoms with van der Waals surface area (Å²) in [5.74, 6) is 0.591. The lowest BCUT2D eigenvalue weighted by Gasteiger charge is -2.03. The molecule has 21 heavy (non-hydrogen) atoms. The first-order valence-corrected chi connectivity index (χ1v) is 7.45. The summed E-state index contributed by atoms with van der Waals surface area (Å²) in [5, 5.41) is 8.76. The van der Waals surface area contributed by atoms with Gasteiger partial charge in [-0.1, -0.05) is 28.9 Å². The molecular formula is C16H14N2O2S. The maximum absolute atomic E-state index is 12.0. The lowest BCUT2D eigenvalue weighted by Crippen LogP contribution is -2.14. The summed E-state index contributed by atoms with van der Waals surface area (Å²) in [4.78, 5) is 13.0. The van der Waals surface area contributed by atoms with Gasteiger partial charge in [-0.3, -0.25) is 4.79 Å². The number of nitrogens with zero attached hydrogens (tertiary/aromatic N) is 1. The van der Waals surface area contributed by atoms with Gasteiger partial charge in [-0.25, -0.2) is 0 Å². The summed E-state index contributed by atoms with van der Waals surface area (Å²) in [6, 6.07) is 13.4. The van der Waals surface area contributed by atoms with Gasteiger partial charge in [-0.05, 0) is 30.5 Å². The molecule has 2 aromatic heterocycles. The van der Waals surface area contributed by atoms with Crippen molar-refractivity contribution in [2.45, 2.75) is 13.3 Å². The average molecular weight is 298 g/mol. The van der Waals surface area contributed by atoms with Crippen LogP contribution in [0.4, 0.5) is 5.69 Å². The smallest absolute Gasteiger partial charge is 0.230 e. The Morgan fingerprint density at radius 2 is 2.10 bits per heavy atom. The van der Waals surface area contributed by atoms with Crippen molar-refractivity contribution in [3.05, 3.63) is 59.1 Å². The maximum Gasteiger partial charge on any atom is 0.230 e. The molecule has 0 atom stereocenters. The molecule has 5 heteroatoms. The second kappa shape index (κ2) is 5.93. The minimum Gasteiger partial charge on any atom is -0.355 e.